The van der Waals surface area contributed by atoms with Gasteiger partial charge in [-0.3, -0.25) is 9.69 Å². The monoisotopic (exact) mass is 243 g/mol. The summed E-state index contributed by atoms with van der Waals surface area (Å²) < 4.78 is 12.9. The summed E-state index contributed by atoms with van der Waals surface area (Å²) >= 11 is 0. The zero-order valence-corrected chi connectivity index (χ0v) is 9.75. The Kier molecular flexibility index (Phi) is 4.90. The molecule has 0 spiro atoms. The summed E-state index contributed by atoms with van der Waals surface area (Å²) in [6.07, 6.45) is -0.900. The number of ketones is 1. The molecule has 0 aromatic heterocycles. The molecule has 1 unspecified atom stereocenters. The summed E-state index contributed by atoms with van der Waals surface area (Å²) in [5.74, 6) is -0.280. The lowest BCUT2D eigenvalue weighted by Gasteiger charge is -2.27. The molecule has 0 amide bonds. The molecule has 1 atom stereocenters. The third-order valence-corrected chi connectivity index (χ3v) is 2.68. The standard InChI is InChI=1S/C12H14FNO.ClH/c13-11-6-7-14(9-12(11)15)8-10-4-2-1-3-5-10;/h1-5,11H,6-9H2;1H. The molecule has 88 valence electrons. The molecule has 1 aromatic carbocycles. The van der Waals surface area contributed by atoms with Gasteiger partial charge in [-0.1, -0.05) is 30.3 Å². The largest absolute Gasteiger partial charge is 0.295 e. The van der Waals surface area contributed by atoms with Gasteiger partial charge in [0.25, 0.3) is 0 Å². The van der Waals surface area contributed by atoms with Crippen LogP contribution in [-0.2, 0) is 11.3 Å². The highest BCUT2D eigenvalue weighted by atomic mass is 35.5. The molecule has 0 N–H and O–H groups in total. The minimum absolute atomic E-state index is 0. The van der Waals surface area contributed by atoms with E-state index in [2.05, 4.69) is 0 Å². The minimum Gasteiger partial charge on any atom is -0.295 e. The van der Waals surface area contributed by atoms with Crippen molar-refractivity contribution in [2.75, 3.05) is 13.1 Å². The Labute approximate surface area is 101 Å². The number of likely N-dealkylation sites (tertiary alicyclic amines) is 1. The zero-order valence-electron chi connectivity index (χ0n) is 8.93. The molecule has 0 saturated carbocycles. The maximum absolute atomic E-state index is 12.9. The van der Waals surface area contributed by atoms with Crippen LogP contribution in [0.25, 0.3) is 0 Å². The van der Waals surface area contributed by atoms with Gasteiger partial charge in [0.15, 0.2) is 12.0 Å². The second kappa shape index (κ2) is 5.97. The number of nitrogens with zero attached hydrogens (tertiary/aromatic N) is 1. The van der Waals surface area contributed by atoms with Gasteiger partial charge in [0.05, 0.1) is 6.54 Å². The molecule has 0 aliphatic carbocycles. The Morgan fingerprint density at radius 1 is 1.31 bits per heavy atom. The van der Waals surface area contributed by atoms with E-state index in [1.807, 2.05) is 35.2 Å². The van der Waals surface area contributed by atoms with Crippen LogP contribution in [0.1, 0.15) is 12.0 Å². The Balaban J connectivity index is 0.00000128. The highest BCUT2D eigenvalue weighted by Gasteiger charge is 2.26. The zero-order chi connectivity index (χ0) is 10.7. The van der Waals surface area contributed by atoms with Gasteiger partial charge in [-0.2, -0.15) is 0 Å². The van der Waals surface area contributed by atoms with E-state index in [0.29, 0.717) is 13.0 Å². The Morgan fingerprint density at radius 2 is 2.00 bits per heavy atom. The first-order chi connectivity index (χ1) is 7.25. The third-order valence-electron chi connectivity index (χ3n) is 2.68. The van der Waals surface area contributed by atoms with E-state index < -0.39 is 6.17 Å². The van der Waals surface area contributed by atoms with Crippen LogP contribution < -0.4 is 0 Å². The number of Topliss-reactive ketones (excluding diaryl/α,β-unsaturated/α-hetero) is 1. The number of carbonyl (C=O) groups excluding carboxylic acids is 1. The van der Waals surface area contributed by atoms with E-state index in [1.165, 1.54) is 5.56 Å². The van der Waals surface area contributed by atoms with E-state index in [-0.39, 0.29) is 24.7 Å². The molecule has 1 fully saturated rings. The lowest BCUT2D eigenvalue weighted by atomic mass is 10.1. The van der Waals surface area contributed by atoms with E-state index in [1.54, 1.807) is 0 Å². The molecule has 2 rings (SSSR count). The summed E-state index contributed by atoms with van der Waals surface area (Å²) in [6, 6.07) is 9.94. The topological polar surface area (TPSA) is 20.3 Å². The molecule has 1 saturated heterocycles. The van der Waals surface area contributed by atoms with Crippen molar-refractivity contribution in [1.82, 2.24) is 4.90 Å². The molecule has 1 aliphatic rings. The Bertz CT molecular complexity index is 344. The number of carbonyl (C=O) groups is 1. The van der Waals surface area contributed by atoms with Crippen LogP contribution in [0.4, 0.5) is 4.39 Å². The number of rotatable bonds is 2. The lowest BCUT2D eigenvalue weighted by Crippen LogP contribution is -2.41. The number of piperidine rings is 1. The van der Waals surface area contributed by atoms with Crippen LogP contribution in [-0.4, -0.2) is 29.9 Å². The Hall–Kier alpha value is -0.930. The van der Waals surface area contributed by atoms with Crippen LogP contribution in [0.5, 0.6) is 0 Å². The van der Waals surface area contributed by atoms with Crippen molar-refractivity contribution >= 4 is 18.2 Å². The van der Waals surface area contributed by atoms with E-state index in [9.17, 15) is 9.18 Å². The predicted octanol–water partition coefficient (Wildman–Crippen LogP) is 2.22. The molecule has 1 aliphatic heterocycles. The second-order valence-corrected chi connectivity index (χ2v) is 3.92. The molecule has 1 aromatic rings. The third kappa shape index (κ3) is 3.29. The fourth-order valence-electron chi connectivity index (χ4n) is 1.83. The van der Waals surface area contributed by atoms with Crippen molar-refractivity contribution in [2.24, 2.45) is 0 Å². The van der Waals surface area contributed by atoms with E-state index >= 15 is 0 Å². The molecule has 2 nitrogen and oxygen atoms in total. The summed E-state index contributed by atoms with van der Waals surface area (Å²) in [4.78, 5) is 13.2. The van der Waals surface area contributed by atoms with Crippen molar-refractivity contribution < 1.29 is 9.18 Å². The van der Waals surface area contributed by atoms with Gasteiger partial charge in [0, 0.05) is 13.1 Å². The number of alkyl halides is 1. The van der Waals surface area contributed by atoms with Crippen molar-refractivity contribution in [2.45, 2.75) is 19.1 Å². The summed E-state index contributed by atoms with van der Waals surface area (Å²) in [6.45, 7) is 1.65. The molecule has 4 heteroatoms. The predicted molar refractivity (Wildman–Crippen MR) is 63.5 cm³/mol. The van der Waals surface area contributed by atoms with Crippen LogP contribution in [0.15, 0.2) is 30.3 Å². The van der Waals surface area contributed by atoms with Crippen molar-refractivity contribution in [1.29, 1.82) is 0 Å². The number of hydrogen-bond acceptors (Lipinski definition) is 2. The normalized spacial score (nSPS) is 21.6. The molecular weight excluding hydrogens is 229 g/mol. The van der Waals surface area contributed by atoms with Gasteiger partial charge in [0.2, 0.25) is 0 Å². The van der Waals surface area contributed by atoms with Crippen molar-refractivity contribution in [3.8, 4) is 0 Å². The first-order valence-corrected chi connectivity index (χ1v) is 5.19. The first-order valence-electron chi connectivity index (χ1n) is 5.19. The highest BCUT2D eigenvalue weighted by Crippen LogP contribution is 2.13. The van der Waals surface area contributed by atoms with Crippen LogP contribution in [0.2, 0.25) is 0 Å². The van der Waals surface area contributed by atoms with Crippen molar-refractivity contribution in [3.05, 3.63) is 35.9 Å². The average Bonchev–Trinajstić information content (AvgIpc) is 2.25. The second-order valence-electron chi connectivity index (χ2n) is 3.92. The van der Waals surface area contributed by atoms with Gasteiger partial charge in [-0.05, 0) is 12.0 Å². The molecule has 1 heterocycles. The molecule has 16 heavy (non-hydrogen) atoms. The fraction of sp³-hybridized carbons (Fsp3) is 0.417. The van der Waals surface area contributed by atoms with Crippen molar-refractivity contribution in [3.63, 3.8) is 0 Å². The summed E-state index contributed by atoms with van der Waals surface area (Å²) in [5.41, 5.74) is 1.17. The molecular formula is C12H15ClFNO. The van der Waals surface area contributed by atoms with Gasteiger partial charge in [0.1, 0.15) is 0 Å². The SMILES string of the molecule is Cl.O=C1CN(Cc2ccccc2)CCC1F. The minimum atomic E-state index is -1.24. The van der Waals surface area contributed by atoms with Gasteiger partial charge in [-0.25, -0.2) is 4.39 Å². The van der Waals surface area contributed by atoms with Gasteiger partial charge < -0.3 is 0 Å². The maximum atomic E-state index is 12.9. The van der Waals surface area contributed by atoms with Crippen LogP contribution in [0.3, 0.4) is 0 Å². The van der Waals surface area contributed by atoms with Crippen LogP contribution >= 0.6 is 12.4 Å². The molecule has 0 radical (unpaired) electrons. The van der Waals surface area contributed by atoms with Gasteiger partial charge in [-0.15, -0.1) is 12.4 Å². The fourth-order valence-corrected chi connectivity index (χ4v) is 1.83. The van der Waals surface area contributed by atoms with Gasteiger partial charge >= 0.3 is 0 Å². The Morgan fingerprint density at radius 3 is 2.62 bits per heavy atom. The number of benzene rings is 1. The first kappa shape index (κ1) is 13.1. The molecule has 0 bridgehead atoms. The summed E-state index contributed by atoms with van der Waals surface area (Å²) in [5, 5.41) is 0. The average molecular weight is 244 g/mol. The van der Waals surface area contributed by atoms with E-state index in [4.69, 9.17) is 0 Å². The van der Waals surface area contributed by atoms with E-state index in [0.717, 1.165) is 6.54 Å². The van der Waals surface area contributed by atoms with Crippen LogP contribution in [0, 0.1) is 0 Å². The lowest BCUT2D eigenvalue weighted by molar-refractivity contribution is -0.128. The quantitative estimate of drug-likeness (QED) is 0.794. The number of hydrogen-bond donors (Lipinski definition) is 0. The summed E-state index contributed by atoms with van der Waals surface area (Å²) in [7, 11) is 0. The maximum Gasteiger partial charge on any atom is 0.180 e. The number of halogens is 2. The smallest absolute Gasteiger partial charge is 0.180 e. The highest BCUT2D eigenvalue weighted by molar-refractivity contribution is 5.85.